The average Bonchev–Trinajstić information content (AvgIpc) is 3.20. The molecule has 0 aliphatic carbocycles. The van der Waals surface area contributed by atoms with Gasteiger partial charge in [0.15, 0.2) is 6.04 Å². The molecule has 26 heavy (non-hydrogen) atoms. The normalized spacial score (nSPS) is 16.9. The van der Waals surface area contributed by atoms with Gasteiger partial charge in [-0.1, -0.05) is 6.07 Å². The number of carbonyl (C=O) groups excluding carboxylic acids is 1. The van der Waals surface area contributed by atoms with Crippen molar-refractivity contribution in [3.63, 3.8) is 0 Å². The lowest BCUT2D eigenvalue weighted by atomic mass is 10.2. The molecule has 1 amide bonds. The Morgan fingerprint density at radius 1 is 1.27 bits per heavy atom. The van der Waals surface area contributed by atoms with Crippen LogP contribution in [-0.4, -0.2) is 44.8 Å². The van der Waals surface area contributed by atoms with E-state index in [2.05, 4.69) is 46.8 Å². The average molecular weight is 375 g/mol. The standard InChI is InChI=1S/C20H27N3O2S/c1-3-22(15-19-5-4-14-26-19)16(2)20(24)21-17-6-8-18(9-7-17)23-10-12-25-13-11-23/h4-9,14,16H,3,10-13,15H2,1-2H3,(H,21,24)/p+1/t16-/m1/s1. The second-order valence-electron chi connectivity index (χ2n) is 6.63. The zero-order valence-corrected chi connectivity index (χ0v) is 16.3. The minimum atomic E-state index is -0.0963. The van der Waals surface area contributed by atoms with Gasteiger partial charge in [-0.15, -0.1) is 11.3 Å². The van der Waals surface area contributed by atoms with Gasteiger partial charge in [0.05, 0.1) is 24.6 Å². The Labute approximate surface area is 159 Å². The number of amides is 1. The third-order valence-corrected chi connectivity index (χ3v) is 5.83. The van der Waals surface area contributed by atoms with E-state index in [1.807, 2.05) is 19.1 Å². The Morgan fingerprint density at radius 2 is 2.00 bits per heavy atom. The van der Waals surface area contributed by atoms with Crippen LogP contribution < -0.4 is 15.1 Å². The van der Waals surface area contributed by atoms with Gasteiger partial charge < -0.3 is 19.9 Å². The van der Waals surface area contributed by atoms with Crippen molar-refractivity contribution < 1.29 is 14.4 Å². The van der Waals surface area contributed by atoms with Gasteiger partial charge in [-0.2, -0.15) is 0 Å². The highest BCUT2D eigenvalue weighted by Gasteiger charge is 2.24. The molecular weight excluding hydrogens is 346 g/mol. The predicted octanol–water partition coefficient (Wildman–Crippen LogP) is 2.02. The largest absolute Gasteiger partial charge is 0.378 e. The van der Waals surface area contributed by atoms with Crippen molar-refractivity contribution in [3.05, 3.63) is 46.7 Å². The number of thiophene rings is 1. The summed E-state index contributed by atoms with van der Waals surface area (Å²) in [5.74, 6) is 0.0672. The molecule has 0 radical (unpaired) electrons. The van der Waals surface area contributed by atoms with Crippen molar-refractivity contribution in [2.75, 3.05) is 43.1 Å². The number of benzene rings is 1. The molecule has 2 heterocycles. The number of anilines is 2. The second kappa shape index (κ2) is 9.16. The first kappa shape index (κ1) is 18.9. The lowest BCUT2D eigenvalue weighted by Crippen LogP contribution is -3.15. The summed E-state index contributed by atoms with van der Waals surface area (Å²) in [7, 11) is 0. The van der Waals surface area contributed by atoms with E-state index < -0.39 is 0 Å². The molecule has 1 unspecified atom stereocenters. The summed E-state index contributed by atoms with van der Waals surface area (Å²) < 4.78 is 5.39. The van der Waals surface area contributed by atoms with Gasteiger partial charge in [0, 0.05) is 24.5 Å². The summed E-state index contributed by atoms with van der Waals surface area (Å²) in [6.45, 7) is 9.32. The molecular formula is C20H28N3O2S+. The molecule has 2 N–H and O–H groups in total. The van der Waals surface area contributed by atoms with Crippen LogP contribution in [0.2, 0.25) is 0 Å². The van der Waals surface area contributed by atoms with Crippen LogP contribution in [0.15, 0.2) is 41.8 Å². The highest BCUT2D eigenvalue weighted by Crippen LogP contribution is 2.19. The van der Waals surface area contributed by atoms with Gasteiger partial charge in [-0.05, 0) is 49.6 Å². The maximum absolute atomic E-state index is 12.7. The van der Waals surface area contributed by atoms with Crippen LogP contribution in [0.25, 0.3) is 0 Å². The lowest BCUT2D eigenvalue weighted by molar-refractivity contribution is -0.925. The van der Waals surface area contributed by atoms with E-state index in [9.17, 15) is 4.79 Å². The Balaban J connectivity index is 1.57. The number of nitrogens with zero attached hydrogens (tertiary/aromatic N) is 1. The number of morpholine rings is 1. The first-order chi connectivity index (χ1) is 12.7. The fourth-order valence-corrected chi connectivity index (χ4v) is 3.99. The van der Waals surface area contributed by atoms with Crippen LogP contribution in [0.1, 0.15) is 18.7 Å². The number of ether oxygens (including phenoxy) is 1. The van der Waals surface area contributed by atoms with Crippen LogP contribution in [-0.2, 0) is 16.1 Å². The highest BCUT2D eigenvalue weighted by molar-refractivity contribution is 7.09. The first-order valence-corrected chi connectivity index (χ1v) is 10.2. The van der Waals surface area contributed by atoms with Crippen molar-refractivity contribution in [1.82, 2.24) is 0 Å². The van der Waals surface area contributed by atoms with Gasteiger partial charge >= 0.3 is 0 Å². The number of quaternary nitrogens is 1. The smallest absolute Gasteiger partial charge is 0.282 e. The Kier molecular flexibility index (Phi) is 6.66. The number of nitrogens with one attached hydrogen (secondary N) is 2. The molecule has 6 heteroatoms. The van der Waals surface area contributed by atoms with Crippen LogP contribution in [0.5, 0.6) is 0 Å². The van der Waals surface area contributed by atoms with Gasteiger partial charge in [0.1, 0.15) is 6.54 Å². The SMILES string of the molecule is CC[NH+](Cc1cccs1)[C@H](C)C(=O)Nc1ccc(N2CCOCC2)cc1. The van der Waals surface area contributed by atoms with Crippen molar-refractivity contribution in [1.29, 1.82) is 0 Å². The highest BCUT2D eigenvalue weighted by atomic mass is 32.1. The zero-order chi connectivity index (χ0) is 18.4. The van der Waals surface area contributed by atoms with Crippen molar-refractivity contribution in [2.24, 2.45) is 0 Å². The first-order valence-electron chi connectivity index (χ1n) is 9.28. The monoisotopic (exact) mass is 374 g/mol. The lowest BCUT2D eigenvalue weighted by Gasteiger charge is -2.29. The minimum absolute atomic E-state index is 0.0672. The molecule has 2 aromatic rings. The molecule has 1 aromatic heterocycles. The predicted molar refractivity (Wildman–Crippen MR) is 107 cm³/mol. The Bertz CT molecular complexity index is 682. The number of carbonyl (C=O) groups is 1. The zero-order valence-electron chi connectivity index (χ0n) is 15.5. The van der Waals surface area contributed by atoms with E-state index in [4.69, 9.17) is 4.74 Å². The summed E-state index contributed by atoms with van der Waals surface area (Å²) in [5.41, 5.74) is 2.03. The molecule has 0 saturated carbocycles. The number of hydrogen-bond donors (Lipinski definition) is 2. The fourth-order valence-electron chi connectivity index (χ4n) is 3.23. The number of likely N-dealkylation sites (N-methyl/N-ethyl adjacent to an activating group) is 1. The molecule has 0 spiro atoms. The molecule has 140 valence electrons. The van der Waals surface area contributed by atoms with Crippen LogP contribution in [0, 0.1) is 0 Å². The second-order valence-corrected chi connectivity index (χ2v) is 7.66. The van der Waals surface area contributed by atoms with Crippen molar-refractivity contribution in [2.45, 2.75) is 26.4 Å². The van der Waals surface area contributed by atoms with E-state index in [0.717, 1.165) is 45.1 Å². The van der Waals surface area contributed by atoms with Crippen LogP contribution in [0.3, 0.4) is 0 Å². The van der Waals surface area contributed by atoms with Gasteiger partial charge in [0.25, 0.3) is 5.91 Å². The van der Waals surface area contributed by atoms with Gasteiger partial charge in [0.2, 0.25) is 0 Å². The molecule has 5 nitrogen and oxygen atoms in total. The topological polar surface area (TPSA) is 46.0 Å². The molecule has 1 aliphatic rings. The third-order valence-electron chi connectivity index (χ3n) is 4.95. The van der Waals surface area contributed by atoms with E-state index >= 15 is 0 Å². The maximum Gasteiger partial charge on any atom is 0.282 e. The van der Waals surface area contributed by atoms with Crippen LogP contribution >= 0.6 is 11.3 Å². The van der Waals surface area contributed by atoms with Crippen molar-refractivity contribution in [3.8, 4) is 0 Å². The van der Waals surface area contributed by atoms with E-state index in [1.165, 1.54) is 15.5 Å². The molecule has 1 aliphatic heterocycles. The summed E-state index contributed by atoms with van der Waals surface area (Å²) in [5, 5.41) is 5.15. The number of hydrogen-bond acceptors (Lipinski definition) is 4. The molecule has 3 rings (SSSR count). The van der Waals surface area contributed by atoms with Crippen molar-refractivity contribution >= 4 is 28.6 Å². The molecule has 1 aromatic carbocycles. The minimum Gasteiger partial charge on any atom is -0.378 e. The third kappa shape index (κ3) is 4.84. The van der Waals surface area contributed by atoms with E-state index in [0.29, 0.717) is 0 Å². The summed E-state index contributed by atoms with van der Waals surface area (Å²) in [4.78, 5) is 17.6. The van der Waals surface area contributed by atoms with Crippen LogP contribution in [0.4, 0.5) is 11.4 Å². The fraction of sp³-hybridized carbons (Fsp3) is 0.450. The quantitative estimate of drug-likeness (QED) is 0.779. The molecule has 0 bridgehead atoms. The molecule has 2 atom stereocenters. The Hall–Kier alpha value is -1.89. The maximum atomic E-state index is 12.7. The molecule has 1 saturated heterocycles. The van der Waals surface area contributed by atoms with E-state index in [-0.39, 0.29) is 11.9 Å². The number of rotatable bonds is 7. The summed E-state index contributed by atoms with van der Waals surface area (Å²) >= 11 is 1.75. The van der Waals surface area contributed by atoms with Gasteiger partial charge in [-0.25, -0.2) is 0 Å². The molecule has 1 fully saturated rings. The van der Waals surface area contributed by atoms with E-state index in [1.54, 1.807) is 11.3 Å². The summed E-state index contributed by atoms with van der Waals surface area (Å²) in [6.07, 6.45) is 0. The Morgan fingerprint density at radius 3 is 2.62 bits per heavy atom. The summed E-state index contributed by atoms with van der Waals surface area (Å²) in [6, 6.07) is 12.2. The van der Waals surface area contributed by atoms with Gasteiger partial charge in [-0.3, -0.25) is 4.79 Å².